The number of nitrogens with one attached hydrogen (secondary N) is 1. The summed E-state index contributed by atoms with van der Waals surface area (Å²) in [5.74, 6) is 0. The summed E-state index contributed by atoms with van der Waals surface area (Å²) in [6.07, 6.45) is 3.07. The van der Waals surface area contributed by atoms with E-state index in [1.54, 1.807) is 0 Å². The molecule has 0 aliphatic carbocycles. The minimum atomic E-state index is 0.472. The fourth-order valence-electron chi connectivity index (χ4n) is 4.49. The minimum Gasteiger partial charge on any atom is -0.334 e. The van der Waals surface area contributed by atoms with E-state index >= 15 is 0 Å². The second-order valence-electron chi connectivity index (χ2n) is 9.01. The van der Waals surface area contributed by atoms with E-state index in [-0.39, 0.29) is 0 Å². The monoisotopic (exact) mass is 513 g/mol. The molecule has 0 bridgehead atoms. The van der Waals surface area contributed by atoms with Gasteiger partial charge in [-0.15, -0.1) is 0 Å². The molecule has 0 fully saturated rings. The number of benzene rings is 2. The maximum Gasteiger partial charge on any atom is 0.197 e. The summed E-state index contributed by atoms with van der Waals surface area (Å²) in [6.45, 7) is 21.7. The zero-order valence-electron chi connectivity index (χ0n) is 23.6. The predicted molar refractivity (Wildman–Crippen MR) is 160 cm³/mol. The Morgan fingerprint density at radius 3 is 2.00 bits per heavy atom. The van der Waals surface area contributed by atoms with Gasteiger partial charge in [0.25, 0.3) is 0 Å². The molecule has 0 atom stereocenters. The molecule has 1 heterocycles. The fraction of sp³-hybridized carbons (Fsp3) is 0.467. The van der Waals surface area contributed by atoms with Crippen LogP contribution in [0.5, 0.6) is 0 Å². The van der Waals surface area contributed by atoms with Gasteiger partial charge in [0.15, 0.2) is 4.77 Å². The number of nitrogens with zero attached hydrogens (tertiary/aromatic N) is 1. The number of fused-ring (bicyclic) bond motifs is 1. The molecule has 0 radical (unpaired) electrons. The van der Waals surface area contributed by atoms with Crippen LogP contribution in [0.15, 0.2) is 17.7 Å². The van der Waals surface area contributed by atoms with Gasteiger partial charge in [-0.3, -0.25) is 0 Å². The van der Waals surface area contributed by atoms with Crippen molar-refractivity contribution in [1.29, 1.82) is 0 Å². The van der Waals surface area contributed by atoms with Gasteiger partial charge in [0, 0.05) is 16.6 Å². The third-order valence-corrected chi connectivity index (χ3v) is 6.91. The molecule has 2 aromatic carbocycles. The molecule has 3 N–H and O–H groups in total. The van der Waals surface area contributed by atoms with Crippen LogP contribution in [0.3, 0.4) is 0 Å². The molecule has 192 valence electrons. The SMILES string of the molecule is CCC.CCc1c(-c2ccc(C)c(C)c2C(C)=C(C)C)c(Cl)c2nc(=S)[nH]c(C)c2c1CC.CN. The number of aryl methyl sites for hydroxylation is 3. The number of nitrogens with two attached hydrogens (primary N) is 1. The summed E-state index contributed by atoms with van der Waals surface area (Å²) < 4.78 is 0.472. The van der Waals surface area contributed by atoms with E-state index in [9.17, 15) is 0 Å². The molecule has 5 heteroatoms. The Balaban J connectivity index is 0.00000114. The smallest absolute Gasteiger partial charge is 0.197 e. The Morgan fingerprint density at radius 2 is 1.51 bits per heavy atom. The average molecular weight is 514 g/mol. The quantitative estimate of drug-likeness (QED) is 0.341. The second kappa shape index (κ2) is 13.9. The Morgan fingerprint density at radius 1 is 0.971 bits per heavy atom. The molecule has 0 aliphatic rings. The topological polar surface area (TPSA) is 54.7 Å². The van der Waals surface area contributed by atoms with E-state index in [1.807, 2.05) is 0 Å². The first-order valence-electron chi connectivity index (χ1n) is 12.6. The van der Waals surface area contributed by atoms with Crippen molar-refractivity contribution in [3.8, 4) is 11.1 Å². The highest BCUT2D eigenvalue weighted by molar-refractivity contribution is 7.71. The molecular weight excluding hydrogens is 470 g/mol. The molecule has 0 saturated carbocycles. The van der Waals surface area contributed by atoms with Crippen LogP contribution in [0.1, 0.15) is 88.4 Å². The number of aromatic nitrogens is 2. The number of halogens is 1. The fourth-order valence-corrected chi connectivity index (χ4v) is 5.08. The maximum atomic E-state index is 7.14. The van der Waals surface area contributed by atoms with Crippen molar-refractivity contribution in [2.24, 2.45) is 5.73 Å². The van der Waals surface area contributed by atoms with Gasteiger partial charge in [0.05, 0.1) is 10.5 Å². The Labute approximate surface area is 223 Å². The number of H-pyrrole nitrogens is 1. The third kappa shape index (κ3) is 6.41. The highest BCUT2D eigenvalue weighted by Crippen LogP contribution is 2.44. The molecule has 0 saturated heterocycles. The molecule has 1 aromatic heterocycles. The standard InChI is InChI=1S/C26H31ClN2S.C3H8.CH5N/c1-9-18-19(10-2)23(24(27)25-22(18)17(8)28-26(30)29-25)20-12-11-14(5)16(7)21(20)15(6)13(3)4;1-3-2;1-2/h11-12H,9-10H2,1-8H3,(H,28,29,30);3H2,1-2H3;2H2,1H3. The molecule has 35 heavy (non-hydrogen) atoms. The molecule has 3 aromatic rings. The summed E-state index contributed by atoms with van der Waals surface area (Å²) in [5.41, 5.74) is 17.7. The normalized spacial score (nSPS) is 10.3. The van der Waals surface area contributed by atoms with Crippen LogP contribution in [0.2, 0.25) is 5.02 Å². The van der Waals surface area contributed by atoms with E-state index in [2.05, 4.69) is 97.1 Å². The summed E-state index contributed by atoms with van der Waals surface area (Å²) in [4.78, 5) is 7.90. The van der Waals surface area contributed by atoms with Crippen molar-refractivity contribution in [3.63, 3.8) is 0 Å². The Hall–Kier alpha value is -2.01. The highest BCUT2D eigenvalue weighted by atomic mass is 35.5. The first-order chi connectivity index (χ1) is 16.5. The lowest BCUT2D eigenvalue weighted by Crippen LogP contribution is -2.05. The lowest BCUT2D eigenvalue weighted by molar-refractivity contribution is 1.03. The van der Waals surface area contributed by atoms with Crippen molar-refractivity contribution in [2.75, 3.05) is 7.05 Å². The predicted octanol–water partition coefficient (Wildman–Crippen LogP) is 9.47. The zero-order chi connectivity index (χ0) is 27.0. The average Bonchev–Trinajstić information content (AvgIpc) is 2.82. The van der Waals surface area contributed by atoms with Crippen LogP contribution in [0.4, 0.5) is 0 Å². The number of rotatable bonds is 4. The third-order valence-electron chi connectivity index (χ3n) is 6.35. The zero-order valence-corrected chi connectivity index (χ0v) is 25.2. The van der Waals surface area contributed by atoms with Gasteiger partial charge in [-0.1, -0.05) is 63.4 Å². The molecule has 0 amide bonds. The summed E-state index contributed by atoms with van der Waals surface area (Å²) in [6, 6.07) is 4.43. The van der Waals surface area contributed by atoms with Gasteiger partial charge in [0.1, 0.15) is 0 Å². The van der Waals surface area contributed by atoms with Crippen molar-refractivity contribution in [2.45, 2.75) is 88.5 Å². The highest BCUT2D eigenvalue weighted by Gasteiger charge is 2.23. The van der Waals surface area contributed by atoms with Gasteiger partial charge in [-0.2, -0.15) is 0 Å². The molecule has 0 unspecified atom stereocenters. The van der Waals surface area contributed by atoms with E-state index < -0.39 is 0 Å². The van der Waals surface area contributed by atoms with Gasteiger partial charge >= 0.3 is 0 Å². The molecule has 0 aliphatic heterocycles. The molecular formula is C30H44ClN3S. The van der Waals surface area contributed by atoms with E-state index in [4.69, 9.17) is 23.8 Å². The summed E-state index contributed by atoms with van der Waals surface area (Å²) in [5, 5.41) is 1.81. The van der Waals surface area contributed by atoms with Crippen LogP contribution < -0.4 is 5.73 Å². The van der Waals surface area contributed by atoms with Crippen molar-refractivity contribution < 1.29 is 0 Å². The van der Waals surface area contributed by atoms with Crippen molar-refractivity contribution in [3.05, 3.63) is 61.0 Å². The van der Waals surface area contributed by atoms with E-state index in [0.717, 1.165) is 35.0 Å². The molecule has 3 nitrogen and oxygen atoms in total. The molecule has 0 spiro atoms. The van der Waals surface area contributed by atoms with Crippen molar-refractivity contribution >= 4 is 40.3 Å². The second-order valence-corrected chi connectivity index (χ2v) is 9.77. The van der Waals surface area contributed by atoms with E-state index in [1.165, 1.54) is 58.0 Å². The number of aromatic amines is 1. The lowest BCUT2D eigenvalue weighted by atomic mass is 9.83. The lowest BCUT2D eigenvalue weighted by Gasteiger charge is -2.23. The number of allylic oxidation sites excluding steroid dienone is 2. The first kappa shape index (κ1) is 31.0. The largest absolute Gasteiger partial charge is 0.334 e. The maximum absolute atomic E-state index is 7.14. The van der Waals surface area contributed by atoms with Crippen molar-refractivity contribution in [1.82, 2.24) is 9.97 Å². The molecule has 3 rings (SSSR count). The van der Waals surface area contributed by atoms with E-state index in [0.29, 0.717) is 9.79 Å². The van der Waals surface area contributed by atoms with Crippen LogP contribution in [0.25, 0.3) is 27.6 Å². The Bertz CT molecular complexity index is 1270. The van der Waals surface area contributed by atoms with Crippen LogP contribution in [-0.4, -0.2) is 17.0 Å². The summed E-state index contributed by atoms with van der Waals surface area (Å²) >= 11 is 12.5. The van der Waals surface area contributed by atoms with Crippen LogP contribution in [-0.2, 0) is 12.8 Å². The minimum absolute atomic E-state index is 0.472. The van der Waals surface area contributed by atoms with Crippen LogP contribution in [0, 0.1) is 25.5 Å². The first-order valence-corrected chi connectivity index (χ1v) is 13.4. The van der Waals surface area contributed by atoms with Crippen LogP contribution >= 0.6 is 23.8 Å². The van der Waals surface area contributed by atoms with Gasteiger partial charge in [-0.25, -0.2) is 4.98 Å². The van der Waals surface area contributed by atoms with Gasteiger partial charge in [-0.05, 0) is 113 Å². The Kier molecular flexibility index (Phi) is 12.3. The number of hydrogen-bond acceptors (Lipinski definition) is 3. The van der Waals surface area contributed by atoms with Gasteiger partial charge in [0.2, 0.25) is 0 Å². The summed E-state index contributed by atoms with van der Waals surface area (Å²) in [7, 11) is 1.50. The van der Waals surface area contributed by atoms with Gasteiger partial charge < -0.3 is 10.7 Å². The number of hydrogen-bond donors (Lipinski definition) is 2.